The maximum absolute atomic E-state index is 10.7. The lowest BCUT2D eigenvalue weighted by Gasteiger charge is -2.21. The van der Waals surface area contributed by atoms with E-state index in [0.29, 0.717) is 18.8 Å². The molecule has 0 aromatic heterocycles. The van der Waals surface area contributed by atoms with E-state index in [2.05, 4.69) is 0 Å². The molecule has 0 radical (unpaired) electrons. The lowest BCUT2D eigenvalue weighted by Crippen LogP contribution is -2.27. The van der Waals surface area contributed by atoms with Crippen molar-refractivity contribution in [2.75, 3.05) is 25.4 Å². The van der Waals surface area contributed by atoms with Crippen LogP contribution in [0.25, 0.3) is 0 Å². The van der Waals surface area contributed by atoms with Crippen molar-refractivity contribution in [3.8, 4) is 0 Å². The highest BCUT2D eigenvalue weighted by atomic mass is 16.6. The molecule has 3 N–H and O–H groups in total. The summed E-state index contributed by atoms with van der Waals surface area (Å²) in [6.45, 7) is 3.98. The van der Waals surface area contributed by atoms with Crippen LogP contribution < -0.4 is 5.73 Å². The van der Waals surface area contributed by atoms with E-state index in [0.717, 1.165) is 18.5 Å². The van der Waals surface area contributed by atoms with Gasteiger partial charge in [-0.2, -0.15) is 0 Å². The minimum atomic E-state index is -0.431. The van der Waals surface area contributed by atoms with Crippen molar-refractivity contribution < 1.29 is 10.0 Å². The van der Waals surface area contributed by atoms with Crippen LogP contribution in [0.1, 0.15) is 18.9 Å². The topological polar surface area (TPSA) is 92.6 Å². The number of nitrogen functional groups attached to an aromatic ring is 1. The molecule has 0 spiro atoms. The third-order valence-corrected chi connectivity index (χ3v) is 2.69. The molecule has 6 nitrogen and oxygen atoms in total. The number of nitro benzene ring substituents is 1. The summed E-state index contributed by atoms with van der Waals surface area (Å²) in [6.07, 6.45) is 0.953. The molecule has 0 amide bonds. The number of hydrogen-bond acceptors (Lipinski definition) is 5. The fraction of sp³-hybridized carbons (Fsp3) is 0.500. The summed E-state index contributed by atoms with van der Waals surface area (Å²) >= 11 is 0. The SMILES string of the molecule is CCCN(CCO)Cc1cc([N+](=O)[O-])ccc1N. The Morgan fingerprint density at radius 1 is 1.44 bits per heavy atom. The quantitative estimate of drug-likeness (QED) is 0.435. The van der Waals surface area contributed by atoms with E-state index in [9.17, 15) is 10.1 Å². The van der Waals surface area contributed by atoms with Gasteiger partial charge in [0.05, 0.1) is 11.5 Å². The van der Waals surface area contributed by atoms with Crippen LogP contribution >= 0.6 is 0 Å². The Labute approximate surface area is 106 Å². The predicted octanol–water partition coefficient (Wildman–Crippen LogP) is 1.38. The molecular weight excluding hydrogens is 234 g/mol. The molecule has 1 aromatic carbocycles. The molecule has 0 aliphatic rings. The number of aliphatic hydroxyl groups is 1. The summed E-state index contributed by atoms with van der Waals surface area (Å²) in [5, 5.41) is 19.7. The van der Waals surface area contributed by atoms with Crippen LogP contribution in [0.5, 0.6) is 0 Å². The zero-order valence-electron chi connectivity index (χ0n) is 10.5. The van der Waals surface area contributed by atoms with Crippen molar-refractivity contribution in [3.05, 3.63) is 33.9 Å². The molecule has 0 unspecified atom stereocenters. The summed E-state index contributed by atoms with van der Waals surface area (Å²) in [5.74, 6) is 0. The van der Waals surface area contributed by atoms with Crippen molar-refractivity contribution >= 4 is 11.4 Å². The van der Waals surface area contributed by atoms with Gasteiger partial charge in [-0.15, -0.1) is 0 Å². The molecule has 0 fully saturated rings. The average molecular weight is 253 g/mol. The maximum atomic E-state index is 10.7. The Kier molecular flexibility index (Phi) is 5.54. The molecule has 0 atom stereocenters. The van der Waals surface area contributed by atoms with Gasteiger partial charge < -0.3 is 10.8 Å². The van der Waals surface area contributed by atoms with Gasteiger partial charge in [-0.3, -0.25) is 15.0 Å². The van der Waals surface area contributed by atoms with E-state index in [1.54, 1.807) is 6.07 Å². The van der Waals surface area contributed by atoms with E-state index >= 15 is 0 Å². The van der Waals surface area contributed by atoms with E-state index in [-0.39, 0.29) is 12.3 Å². The second-order valence-electron chi connectivity index (χ2n) is 4.14. The first-order valence-corrected chi connectivity index (χ1v) is 5.94. The molecule has 0 saturated carbocycles. The monoisotopic (exact) mass is 253 g/mol. The standard InChI is InChI=1S/C12H19N3O3/c1-2-5-14(6-7-16)9-10-8-11(15(17)18)3-4-12(10)13/h3-4,8,16H,2,5-7,9,13H2,1H3. The van der Waals surface area contributed by atoms with E-state index < -0.39 is 4.92 Å². The Morgan fingerprint density at radius 2 is 2.17 bits per heavy atom. The smallest absolute Gasteiger partial charge is 0.269 e. The van der Waals surface area contributed by atoms with Crippen LogP contribution in [0, 0.1) is 10.1 Å². The van der Waals surface area contributed by atoms with Crippen LogP contribution in [0.15, 0.2) is 18.2 Å². The number of aliphatic hydroxyl groups excluding tert-OH is 1. The number of non-ortho nitro benzene ring substituents is 1. The number of nitrogens with zero attached hydrogens (tertiary/aromatic N) is 2. The summed E-state index contributed by atoms with van der Waals surface area (Å²) in [6, 6.07) is 4.45. The number of nitrogens with two attached hydrogens (primary N) is 1. The van der Waals surface area contributed by atoms with Gasteiger partial charge in [-0.1, -0.05) is 6.92 Å². The van der Waals surface area contributed by atoms with Gasteiger partial charge in [-0.05, 0) is 24.6 Å². The number of benzene rings is 1. The normalized spacial score (nSPS) is 10.8. The lowest BCUT2D eigenvalue weighted by atomic mass is 10.1. The highest BCUT2D eigenvalue weighted by Gasteiger charge is 2.12. The number of hydrogen-bond donors (Lipinski definition) is 2. The van der Waals surface area contributed by atoms with Crippen molar-refractivity contribution in [2.24, 2.45) is 0 Å². The Hall–Kier alpha value is -1.66. The predicted molar refractivity (Wildman–Crippen MR) is 70.2 cm³/mol. The first-order chi connectivity index (χ1) is 8.58. The van der Waals surface area contributed by atoms with Crippen LogP contribution in [0.2, 0.25) is 0 Å². The van der Waals surface area contributed by atoms with Gasteiger partial charge >= 0.3 is 0 Å². The Morgan fingerprint density at radius 3 is 2.72 bits per heavy atom. The lowest BCUT2D eigenvalue weighted by molar-refractivity contribution is -0.384. The Balaban J connectivity index is 2.86. The summed E-state index contributed by atoms with van der Waals surface area (Å²) in [5.41, 5.74) is 7.13. The molecule has 100 valence electrons. The van der Waals surface area contributed by atoms with Gasteiger partial charge in [-0.25, -0.2) is 0 Å². The highest BCUT2D eigenvalue weighted by Crippen LogP contribution is 2.21. The van der Waals surface area contributed by atoms with Crippen molar-refractivity contribution in [2.45, 2.75) is 19.9 Å². The second kappa shape index (κ2) is 6.93. The summed E-state index contributed by atoms with van der Waals surface area (Å²) < 4.78 is 0. The zero-order chi connectivity index (χ0) is 13.5. The molecule has 18 heavy (non-hydrogen) atoms. The van der Waals surface area contributed by atoms with Crippen molar-refractivity contribution in [3.63, 3.8) is 0 Å². The summed E-state index contributed by atoms with van der Waals surface area (Å²) in [4.78, 5) is 12.3. The fourth-order valence-corrected chi connectivity index (χ4v) is 1.81. The maximum Gasteiger partial charge on any atom is 0.269 e. The molecule has 0 aliphatic heterocycles. The molecule has 1 rings (SSSR count). The third kappa shape index (κ3) is 3.97. The zero-order valence-corrected chi connectivity index (χ0v) is 10.5. The van der Waals surface area contributed by atoms with Crippen molar-refractivity contribution in [1.82, 2.24) is 4.90 Å². The molecule has 0 aliphatic carbocycles. The average Bonchev–Trinajstić information content (AvgIpc) is 2.32. The van der Waals surface area contributed by atoms with E-state index in [1.165, 1.54) is 12.1 Å². The molecule has 0 saturated heterocycles. The van der Waals surface area contributed by atoms with Crippen LogP contribution in [0.4, 0.5) is 11.4 Å². The third-order valence-electron chi connectivity index (χ3n) is 2.69. The minimum Gasteiger partial charge on any atom is -0.398 e. The second-order valence-corrected chi connectivity index (χ2v) is 4.14. The van der Waals surface area contributed by atoms with Crippen molar-refractivity contribution in [1.29, 1.82) is 0 Å². The first kappa shape index (κ1) is 14.4. The number of nitro groups is 1. The largest absolute Gasteiger partial charge is 0.398 e. The van der Waals surface area contributed by atoms with E-state index in [4.69, 9.17) is 10.8 Å². The van der Waals surface area contributed by atoms with Gasteiger partial charge in [0.1, 0.15) is 0 Å². The minimum absolute atomic E-state index is 0.0413. The first-order valence-electron chi connectivity index (χ1n) is 5.94. The van der Waals surface area contributed by atoms with Gasteiger partial charge in [0.25, 0.3) is 5.69 Å². The molecular formula is C12H19N3O3. The van der Waals surface area contributed by atoms with Gasteiger partial charge in [0, 0.05) is 30.9 Å². The molecule has 6 heteroatoms. The molecule has 0 heterocycles. The van der Waals surface area contributed by atoms with Gasteiger partial charge in [0.2, 0.25) is 0 Å². The summed E-state index contributed by atoms with van der Waals surface area (Å²) in [7, 11) is 0. The molecule has 0 bridgehead atoms. The number of rotatable bonds is 7. The van der Waals surface area contributed by atoms with Crippen LogP contribution in [-0.2, 0) is 6.54 Å². The Bertz CT molecular complexity index is 404. The highest BCUT2D eigenvalue weighted by molar-refractivity contribution is 5.52. The number of anilines is 1. The molecule has 1 aromatic rings. The van der Waals surface area contributed by atoms with Crippen LogP contribution in [-0.4, -0.2) is 34.6 Å². The van der Waals surface area contributed by atoms with E-state index in [1.807, 2.05) is 11.8 Å². The van der Waals surface area contributed by atoms with Gasteiger partial charge in [0.15, 0.2) is 0 Å². The van der Waals surface area contributed by atoms with Crippen LogP contribution in [0.3, 0.4) is 0 Å². The fourth-order valence-electron chi connectivity index (χ4n) is 1.81.